The number of hydrogen-bond acceptors (Lipinski definition) is 4. The molecule has 0 aliphatic rings. The lowest BCUT2D eigenvalue weighted by Gasteiger charge is -2.22. The summed E-state index contributed by atoms with van der Waals surface area (Å²) in [7, 11) is 1.84. The molecule has 0 bridgehead atoms. The van der Waals surface area contributed by atoms with E-state index in [0.717, 1.165) is 11.4 Å². The van der Waals surface area contributed by atoms with Crippen LogP contribution in [0, 0.1) is 19.8 Å². The molecule has 0 aliphatic carbocycles. The summed E-state index contributed by atoms with van der Waals surface area (Å²) in [6, 6.07) is -0.0380. The smallest absolute Gasteiger partial charge is 0.255 e. The highest BCUT2D eigenvalue weighted by molar-refractivity contribution is 5.96. The molecule has 2 aromatic heterocycles. The van der Waals surface area contributed by atoms with Gasteiger partial charge >= 0.3 is 0 Å². The Kier molecular flexibility index (Phi) is 4.40. The van der Waals surface area contributed by atoms with Gasteiger partial charge < -0.3 is 5.32 Å². The van der Waals surface area contributed by atoms with Crippen molar-refractivity contribution in [1.29, 1.82) is 0 Å². The largest absolute Gasteiger partial charge is 0.347 e. The number of carbonyl (C=O) groups is 1. The van der Waals surface area contributed by atoms with Crippen molar-refractivity contribution in [1.82, 2.24) is 30.1 Å². The van der Waals surface area contributed by atoms with Gasteiger partial charge in [-0.2, -0.15) is 20.1 Å². The quantitative estimate of drug-likeness (QED) is 0.894. The molecule has 2 heterocycles. The van der Waals surface area contributed by atoms with Gasteiger partial charge in [-0.05, 0) is 19.8 Å². The Balaban J connectivity index is 2.15. The average Bonchev–Trinajstić information content (AvgIpc) is 2.98. The Morgan fingerprint density at radius 3 is 2.38 bits per heavy atom. The minimum absolute atomic E-state index is 0.0380. The molecule has 114 valence electrons. The van der Waals surface area contributed by atoms with E-state index in [9.17, 15) is 4.79 Å². The monoisotopic (exact) mass is 290 g/mol. The second kappa shape index (κ2) is 6.07. The number of nitrogens with one attached hydrogen (secondary N) is 1. The third-order valence-electron chi connectivity index (χ3n) is 3.68. The van der Waals surface area contributed by atoms with E-state index in [1.54, 1.807) is 21.9 Å². The first kappa shape index (κ1) is 15.2. The van der Waals surface area contributed by atoms with Crippen molar-refractivity contribution in [2.75, 3.05) is 0 Å². The van der Waals surface area contributed by atoms with Crippen molar-refractivity contribution < 1.29 is 4.79 Å². The van der Waals surface area contributed by atoms with Gasteiger partial charge in [-0.3, -0.25) is 9.48 Å². The lowest BCUT2D eigenvalue weighted by molar-refractivity contribution is 0.0916. The summed E-state index contributed by atoms with van der Waals surface area (Å²) in [4.78, 5) is 14.1. The van der Waals surface area contributed by atoms with Gasteiger partial charge in [0.15, 0.2) is 0 Å². The van der Waals surface area contributed by atoms with Gasteiger partial charge in [-0.25, -0.2) is 0 Å². The molecule has 0 saturated heterocycles. The maximum atomic E-state index is 12.5. The van der Waals surface area contributed by atoms with Crippen molar-refractivity contribution in [2.45, 2.75) is 40.3 Å². The van der Waals surface area contributed by atoms with Crippen LogP contribution in [0.25, 0.3) is 0 Å². The van der Waals surface area contributed by atoms with Crippen molar-refractivity contribution >= 4 is 5.91 Å². The topological polar surface area (TPSA) is 77.6 Å². The van der Waals surface area contributed by atoms with Crippen LogP contribution in [0.15, 0.2) is 12.4 Å². The van der Waals surface area contributed by atoms with Crippen LogP contribution in [0.3, 0.4) is 0 Å². The maximum Gasteiger partial charge on any atom is 0.255 e. The van der Waals surface area contributed by atoms with Gasteiger partial charge in [0.05, 0.1) is 36.2 Å². The zero-order valence-electron chi connectivity index (χ0n) is 13.2. The highest BCUT2D eigenvalue weighted by Gasteiger charge is 2.22. The Labute approximate surface area is 124 Å². The average molecular weight is 290 g/mol. The van der Waals surface area contributed by atoms with Crippen LogP contribution in [0.2, 0.25) is 0 Å². The summed E-state index contributed by atoms with van der Waals surface area (Å²) in [6.45, 7) is 8.43. The number of aromatic nitrogens is 5. The normalized spacial score (nSPS) is 12.7. The molecule has 1 atom stereocenters. The van der Waals surface area contributed by atoms with E-state index in [0.29, 0.717) is 12.1 Å². The van der Waals surface area contributed by atoms with E-state index in [4.69, 9.17) is 0 Å². The molecular weight excluding hydrogens is 268 g/mol. The molecule has 2 rings (SSSR count). The number of aryl methyl sites for hydroxylation is 2. The van der Waals surface area contributed by atoms with Gasteiger partial charge in [0.2, 0.25) is 0 Å². The minimum Gasteiger partial charge on any atom is -0.347 e. The Morgan fingerprint density at radius 1 is 1.29 bits per heavy atom. The van der Waals surface area contributed by atoms with Crippen LogP contribution in [0.4, 0.5) is 0 Å². The number of nitrogens with zero attached hydrogens (tertiary/aromatic N) is 5. The standard InChI is InChI=1S/C14H22N6O/c1-9(2)12(8-20-15-6-7-16-20)17-14(21)13-10(3)18-19(5)11(13)4/h6-7,9,12H,8H2,1-5H3,(H,17,21). The van der Waals surface area contributed by atoms with E-state index in [2.05, 4.69) is 34.5 Å². The lowest BCUT2D eigenvalue weighted by atomic mass is 10.0. The van der Waals surface area contributed by atoms with Crippen LogP contribution in [0.5, 0.6) is 0 Å². The predicted molar refractivity (Wildman–Crippen MR) is 78.8 cm³/mol. The van der Waals surface area contributed by atoms with Crippen LogP contribution in [0.1, 0.15) is 35.6 Å². The van der Waals surface area contributed by atoms with Gasteiger partial charge in [0.1, 0.15) is 0 Å². The molecule has 7 heteroatoms. The van der Waals surface area contributed by atoms with Crippen molar-refractivity contribution in [3.05, 3.63) is 29.3 Å². The molecule has 0 aromatic carbocycles. The summed E-state index contributed by atoms with van der Waals surface area (Å²) in [5.41, 5.74) is 2.26. The molecule has 21 heavy (non-hydrogen) atoms. The SMILES string of the molecule is Cc1nn(C)c(C)c1C(=O)NC(Cn1nccn1)C(C)C. The molecule has 1 amide bonds. The van der Waals surface area contributed by atoms with Crippen LogP contribution in [-0.4, -0.2) is 36.7 Å². The highest BCUT2D eigenvalue weighted by atomic mass is 16.1. The Bertz CT molecular complexity index is 614. The van der Waals surface area contributed by atoms with Crippen molar-refractivity contribution in [3.8, 4) is 0 Å². The summed E-state index contributed by atoms with van der Waals surface area (Å²) in [5, 5.41) is 15.5. The first-order valence-electron chi connectivity index (χ1n) is 7.05. The maximum absolute atomic E-state index is 12.5. The van der Waals surface area contributed by atoms with E-state index >= 15 is 0 Å². The second-order valence-corrected chi connectivity index (χ2v) is 5.58. The molecule has 2 aromatic rings. The van der Waals surface area contributed by atoms with Crippen molar-refractivity contribution in [3.63, 3.8) is 0 Å². The number of hydrogen-bond donors (Lipinski definition) is 1. The van der Waals surface area contributed by atoms with Crippen molar-refractivity contribution in [2.24, 2.45) is 13.0 Å². The molecular formula is C14H22N6O. The predicted octanol–water partition coefficient (Wildman–Crippen LogP) is 1.08. The van der Waals surface area contributed by atoms with Gasteiger partial charge in [0, 0.05) is 12.7 Å². The second-order valence-electron chi connectivity index (χ2n) is 5.58. The third kappa shape index (κ3) is 3.29. The molecule has 1 N–H and O–H groups in total. The van der Waals surface area contributed by atoms with Crippen LogP contribution < -0.4 is 5.32 Å². The van der Waals surface area contributed by atoms with E-state index in [1.165, 1.54) is 0 Å². The fourth-order valence-corrected chi connectivity index (χ4v) is 2.28. The van der Waals surface area contributed by atoms with Gasteiger partial charge in [-0.15, -0.1) is 0 Å². The summed E-state index contributed by atoms with van der Waals surface area (Å²) in [6.07, 6.45) is 3.27. The summed E-state index contributed by atoms with van der Waals surface area (Å²) in [5.74, 6) is 0.182. The van der Waals surface area contributed by atoms with Gasteiger partial charge in [0.25, 0.3) is 5.91 Å². The third-order valence-corrected chi connectivity index (χ3v) is 3.68. The Hall–Kier alpha value is -2.18. The van der Waals surface area contributed by atoms with E-state index in [1.807, 2.05) is 20.9 Å². The van der Waals surface area contributed by atoms with Gasteiger partial charge in [-0.1, -0.05) is 13.8 Å². The van der Waals surface area contributed by atoms with E-state index < -0.39 is 0 Å². The lowest BCUT2D eigenvalue weighted by Crippen LogP contribution is -2.42. The number of amides is 1. The van der Waals surface area contributed by atoms with Crippen LogP contribution >= 0.6 is 0 Å². The zero-order chi connectivity index (χ0) is 15.6. The molecule has 0 aliphatic heterocycles. The summed E-state index contributed by atoms with van der Waals surface area (Å²) >= 11 is 0. The molecule has 7 nitrogen and oxygen atoms in total. The molecule has 0 radical (unpaired) electrons. The number of carbonyl (C=O) groups excluding carboxylic acids is 1. The first-order chi connectivity index (χ1) is 9.90. The fraction of sp³-hybridized carbons (Fsp3) is 0.571. The van der Waals surface area contributed by atoms with Crippen LogP contribution in [-0.2, 0) is 13.6 Å². The Morgan fingerprint density at radius 2 is 1.90 bits per heavy atom. The summed E-state index contributed by atoms with van der Waals surface area (Å²) < 4.78 is 1.73. The fourth-order valence-electron chi connectivity index (χ4n) is 2.28. The highest BCUT2D eigenvalue weighted by Crippen LogP contribution is 2.13. The molecule has 0 spiro atoms. The zero-order valence-corrected chi connectivity index (χ0v) is 13.2. The molecule has 1 unspecified atom stereocenters. The molecule has 0 fully saturated rings. The minimum atomic E-state index is -0.0936. The number of rotatable bonds is 5. The molecule has 0 saturated carbocycles. The van der Waals surface area contributed by atoms with E-state index in [-0.39, 0.29) is 17.9 Å². The first-order valence-corrected chi connectivity index (χ1v) is 7.05.